The fourth-order valence-electron chi connectivity index (χ4n) is 1.60. The van der Waals surface area contributed by atoms with E-state index in [0.29, 0.717) is 15.7 Å². The van der Waals surface area contributed by atoms with E-state index >= 15 is 0 Å². The van der Waals surface area contributed by atoms with Gasteiger partial charge in [0.1, 0.15) is 5.69 Å². The molecule has 0 radical (unpaired) electrons. The number of aromatic nitrogens is 2. The number of ketones is 1. The van der Waals surface area contributed by atoms with Crippen molar-refractivity contribution in [1.82, 2.24) is 9.78 Å². The first-order valence-corrected chi connectivity index (χ1v) is 6.57. The molecule has 0 unspecified atom stereocenters. The summed E-state index contributed by atoms with van der Waals surface area (Å²) in [4.78, 5) is 12.4. The van der Waals surface area contributed by atoms with Crippen LogP contribution in [0.4, 0.5) is 0 Å². The Kier molecular flexibility index (Phi) is 3.49. The molecule has 0 amide bonds. The molecule has 17 heavy (non-hydrogen) atoms. The lowest BCUT2D eigenvalue weighted by Crippen LogP contribution is -2.09. The van der Waals surface area contributed by atoms with Crippen molar-refractivity contribution in [3.05, 3.63) is 50.2 Å². The number of benzene rings is 1. The van der Waals surface area contributed by atoms with E-state index in [-0.39, 0.29) is 5.78 Å². The summed E-state index contributed by atoms with van der Waals surface area (Å²) in [5.74, 6) is -0.0521. The molecule has 1 aromatic carbocycles. The Bertz CT molecular complexity index is 571. The van der Waals surface area contributed by atoms with Crippen molar-refractivity contribution in [2.45, 2.75) is 6.92 Å². The maximum atomic E-state index is 12.4. The van der Waals surface area contributed by atoms with Crippen LogP contribution in [-0.2, 0) is 7.05 Å². The fourth-order valence-corrected chi connectivity index (χ4v) is 2.80. The molecule has 0 aliphatic rings. The summed E-state index contributed by atoms with van der Waals surface area (Å²) in [5.41, 5.74) is 2.30. The van der Waals surface area contributed by atoms with Crippen LogP contribution in [0.2, 0.25) is 0 Å². The summed E-state index contributed by atoms with van der Waals surface area (Å²) in [6.07, 6.45) is 1.62. The molecule has 1 heterocycles. The number of rotatable bonds is 2. The van der Waals surface area contributed by atoms with Crippen LogP contribution < -0.4 is 0 Å². The highest BCUT2D eigenvalue weighted by Gasteiger charge is 2.19. The molecule has 0 saturated heterocycles. The highest BCUT2D eigenvalue weighted by Crippen LogP contribution is 2.24. The van der Waals surface area contributed by atoms with Gasteiger partial charge in [0, 0.05) is 17.1 Å². The van der Waals surface area contributed by atoms with E-state index < -0.39 is 0 Å². The van der Waals surface area contributed by atoms with Gasteiger partial charge in [-0.15, -0.1) is 0 Å². The third kappa shape index (κ3) is 2.35. The third-order valence-electron chi connectivity index (χ3n) is 2.48. The molecule has 0 aliphatic heterocycles. The SMILES string of the molecule is Cc1ccc(C(=O)c2c(Br)cnn2C)c(Br)c1. The predicted octanol–water partition coefficient (Wildman–Crippen LogP) is 3.48. The highest BCUT2D eigenvalue weighted by atomic mass is 79.9. The molecule has 1 aromatic heterocycles. The minimum absolute atomic E-state index is 0.0521. The minimum Gasteiger partial charge on any atom is -0.287 e. The standard InChI is InChI=1S/C12H10Br2N2O/c1-7-3-4-8(9(13)5-7)12(17)11-10(14)6-15-16(11)2/h3-6H,1-2H3. The lowest BCUT2D eigenvalue weighted by molar-refractivity contribution is 0.102. The van der Waals surface area contributed by atoms with Gasteiger partial charge in [0.15, 0.2) is 0 Å². The second-order valence-corrected chi connectivity index (χ2v) is 5.49. The van der Waals surface area contributed by atoms with E-state index in [0.717, 1.165) is 10.0 Å². The molecule has 0 aliphatic carbocycles. The first-order chi connectivity index (χ1) is 8.00. The van der Waals surface area contributed by atoms with Crippen molar-refractivity contribution in [1.29, 1.82) is 0 Å². The van der Waals surface area contributed by atoms with Gasteiger partial charge in [-0.3, -0.25) is 9.48 Å². The summed E-state index contributed by atoms with van der Waals surface area (Å²) in [6, 6.07) is 5.67. The van der Waals surface area contributed by atoms with E-state index in [9.17, 15) is 4.79 Å². The molecule has 0 N–H and O–H groups in total. The number of nitrogens with zero attached hydrogens (tertiary/aromatic N) is 2. The van der Waals surface area contributed by atoms with Crippen LogP contribution in [0.15, 0.2) is 33.3 Å². The van der Waals surface area contributed by atoms with Crippen LogP contribution >= 0.6 is 31.9 Å². The van der Waals surface area contributed by atoms with Crippen molar-refractivity contribution in [2.75, 3.05) is 0 Å². The average molecular weight is 358 g/mol. The Morgan fingerprint density at radius 1 is 1.29 bits per heavy atom. The van der Waals surface area contributed by atoms with Gasteiger partial charge < -0.3 is 0 Å². The maximum absolute atomic E-state index is 12.4. The van der Waals surface area contributed by atoms with Crippen LogP contribution in [0.1, 0.15) is 21.6 Å². The normalized spacial score (nSPS) is 10.6. The smallest absolute Gasteiger partial charge is 0.213 e. The second-order valence-electron chi connectivity index (χ2n) is 3.78. The predicted molar refractivity (Wildman–Crippen MR) is 73.2 cm³/mol. The molecule has 0 atom stereocenters. The van der Waals surface area contributed by atoms with Gasteiger partial charge in [0.25, 0.3) is 0 Å². The number of carbonyl (C=O) groups is 1. The molecular formula is C12H10Br2N2O. The molecule has 88 valence electrons. The molecule has 0 fully saturated rings. The molecule has 2 rings (SSSR count). The van der Waals surface area contributed by atoms with Crippen LogP contribution in [-0.4, -0.2) is 15.6 Å². The van der Waals surface area contributed by atoms with Gasteiger partial charge in [0.2, 0.25) is 5.78 Å². The van der Waals surface area contributed by atoms with E-state index in [1.807, 2.05) is 25.1 Å². The van der Waals surface area contributed by atoms with E-state index in [4.69, 9.17) is 0 Å². The lowest BCUT2D eigenvalue weighted by atomic mass is 10.1. The van der Waals surface area contributed by atoms with Crippen molar-refractivity contribution in [3.63, 3.8) is 0 Å². The molecule has 0 saturated carbocycles. The van der Waals surface area contributed by atoms with E-state index in [2.05, 4.69) is 37.0 Å². The van der Waals surface area contributed by atoms with Gasteiger partial charge in [-0.25, -0.2) is 0 Å². The van der Waals surface area contributed by atoms with E-state index in [1.54, 1.807) is 17.9 Å². The monoisotopic (exact) mass is 356 g/mol. The Balaban J connectivity index is 2.51. The van der Waals surface area contributed by atoms with Crippen LogP contribution in [0.25, 0.3) is 0 Å². The number of halogens is 2. The highest BCUT2D eigenvalue weighted by molar-refractivity contribution is 9.10. The van der Waals surface area contributed by atoms with Crippen LogP contribution in [0, 0.1) is 6.92 Å². The Morgan fingerprint density at radius 3 is 2.53 bits per heavy atom. The summed E-state index contributed by atoms with van der Waals surface area (Å²) in [5, 5.41) is 4.04. The van der Waals surface area contributed by atoms with Gasteiger partial charge in [0.05, 0.1) is 10.7 Å². The first-order valence-electron chi connectivity index (χ1n) is 4.99. The first kappa shape index (κ1) is 12.5. The van der Waals surface area contributed by atoms with Crippen molar-refractivity contribution in [3.8, 4) is 0 Å². The van der Waals surface area contributed by atoms with Gasteiger partial charge in [-0.1, -0.05) is 22.0 Å². The summed E-state index contributed by atoms with van der Waals surface area (Å²) in [6.45, 7) is 1.99. The Morgan fingerprint density at radius 2 is 2.00 bits per heavy atom. The quantitative estimate of drug-likeness (QED) is 0.771. The molecule has 3 nitrogen and oxygen atoms in total. The zero-order chi connectivity index (χ0) is 12.6. The number of carbonyl (C=O) groups excluding carboxylic acids is 1. The number of hydrogen-bond donors (Lipinski definition) is 0. The summed E-state index contributed by atoms with van der Waals surface area (Å²) in [7, 11) is 1.75. The maximum Gasteiger partial charge on any atom is 0.213 e. The van der Waals surface area contributed by atoms with E-state index in [1.165, 1.54) is 0 Å². The summed E-state index contributed by atoms with van der Waals surface area (Å²) < 4.78 is 3.08. The topological polar surface area (TPSA) is 34.9 Å². The zero-order valence-corrected chi connectivity index (χ0v) is 12.5. The largest absolute Gasteiger partial charge is 0.287 e. The molecular weight excluding hydrogens is 348 g/mol. The number of aryl methyl sites for hydroxylation is 2. The van der Waals surface area contributed by atoms with Gasteiger partial charge in [-0.05, 0) is 40.5 Å². The third-order valence-corrected chi connectivity index (χ3v) is 3.71. The lowest BCUT2D eigenvalue weighted by Gasteiger charge is -2.05. The molecule has 0 spiro atoms. The van der Waals surface area contributed by atoms with Crippen molar-refractivity contribution >= 4 is 37.6 Å². The van der Waals surface area contributed by atoms with Gasteiger partial charge in [-0.2, -0.15) is 5.10 Å². The van der Waals surface area contributed by atoms with Crippen LogP contribution in [0.5, 0.6) is 0 Å². The van der Waals surface area contributed by atoms with Crippen LogP contribution in [0.3, 0.4) is 0 Å². The minimum atomic E-state index is -0.0521. The second kappa shape index (κ2) is 4.74. The van der Waals surface area contributed by atoms with Crippen molar-refractivity contribution in [2.24, 2.45) is 7.05 Å². The molecule has 2 aromatic rings. The zero-order valence-electron chi connectivity index (χ0n) is 9.37. The van der Waals surface area contributed by atoms with Gasteiger partial charge >= 0.3 is 0 Å². The Labute approximate surface area is 116 Å². The molecule has 0 bridgehead atoms. The number of hydrogen-bond acceptors (Lipinski definition) is 2. The fraction of sp³-hybridized carbons (Fsp3) is 0.167. The Hall–Kier alpha value is -0.940. The summed E-state index contributed by atoms with van der Waals surface area (Å²) >= 11 is 6.75. The molecule has 5 heteroatoms. The van der Waals surface area contributed by atoms with Crippen molar-refractivity contribution < 1.29 is 4.79 Å². The average Bonchev–Trinajstić information content (AvgIpc) is 2.58.